The van der Waals surface area contributed by atoms with Crippen LogP contribution in [0.1, 0.15) is 46.5 Å². The lowest BCUT2D eigenvalue weighted by Crippen LogP contribution is -2.32. The van der Waals surface area contributed by atoms with E-state index in [4.69, 9.17) is 29.0 Å². The van der Waals surface area contributed by atoms with Gasteiger partial charge in [-0.25, -0.2) is 4.79 Å². The number of rotatable bonds is 12. The van der Waals surface area contributed by atoms with Crippen LogP contribution in [0.3, 0.4) is 0 Å². The Bertz CT molecular complexity index is 519. The van der Waals surface area contributed by atoms with Gasteiger partial charge < -0.3 is 39.5 Å². The van der Waals surface area contributed by atoms with E-state index in [1.54, 1.807) is 0 Å². The van der Waals surface area contributed by atoms with Crippen molar-refractivity contribution in [2.24, 2.45) is 0 Å². The quantitative estimate of drug-likeness (QED) is 0.197. The molecular formula is C13H29NO10P2. The molecule has 0 heterocycles. The molecule has 0 aromatic carbocycles. The van der Waals surface area contributed by atoms with Gasteiger partial charge in [0.05, 0.1) is 12.2 Å². The molecule has 0 unspecified atom stereocenters. The third kappa shape index (κ3) is 8.45. The van der Waals surface area contributed by atoms with E-state index in [0.29, 0.717) is 13.0 Å². The van der Waals surface area contributed by atoms with Gasteiger partial charge in [0.1, 0.15) is 0 Å². The number of amides is 1. The number of hydrogen-bond donors (Lipinski definition) is 6. The molecule has 26 heavy (non-hydrogen) atoms. The van der Waals surface area contributed by atoms with E-state index in [-0.39, 0.29) is 19.6 Å². The highest BCUT2D eigenvalue weighted by molar-refractivity contribution is 7.72. The highest BCUT2D eigenvalue weighted by atomic mass is 31.2. The zero-order chi connectivity index (χ0) is 20.6. The van der Waals surface area contributed by atoms with Crippen molar-refractivity contribution in [2.75, 3.05) is 19.8 Å². The molecule has 0 rings (SSSR count). The van der Waals surface area contributed by atoms with Crippen molar-refractivity contribution in [2.45, 2.75) is 57.1 Å². The Kier molecular flexibility index (Phi) is 9.95. The smallest absolute Gasteiger partial charge is 0.407 e. The molecule has 0 aliphatic rings. The first-order chi connectivity index (χ1) is 11.7. The Morgan fingerprint density at radius 3 is 2.04 bits per heavy atom. The van der Waals surface area contributed by atoms with Crippen LogP contribution >= 0.6 is 15.2 Å². The zero-order valence-corrected chi connectivity index (χ0v) is 16.9. The maximum atomic E-state index is 11.5. The Hall–Kier alpha value is -0.510. The minimum atomic E-state index is -5.48. The first kappa shape index (κ1) is 25.5. The maximum absolute atomic E-state index is 11.5. The predicted octanol–water partition coefficient (Wildman–Crippen LogP) is 1.09. The minimum absolute atomic E-state index is 0.0808. The third-order valence-electron chi connectivity index (χ3n) is 3.53. The monoisotopic (exact) mass is 421 g/mol. The van der Waals surface area contributed by atoms with Gasteiger partial charge in [0, 0.05) is 26.0 Å². The first-order valence-electron chi connectivity index (χ1n) is 8.04. The number of nitrogens with one attached hydrogen (secondary N) is 1. The fraction of sp³-hybridized carbons (Fsp3) is 0.923. The molecule has 6 N–H and O–H groups in total. The van der Waals surface area contributed by atoms with E-state index in [2.05, 4.69) is 5.32 Å². The average molecular weight is 421 g/mol. The molecule has 0 radical (unpaired) electrons. The highest BCUT2D eigenvalue weighted by Gasteiger charge is 2.58. The molecule has 0 aromatic heterocycles. The van der Waals surface area contributed by atoms with Crippen molar-refractivity contribution < 1.29 is 48.1 Å². The Balaban J connectivity index is 4.27. The second kappa shape index (κ2) is 10.1. The predicted molar refractivity (Wildman–Crippen MR) is 92.6 cm³/mol. The summed E-state index contributed by atoms with van der Waals surface area (Å²) in [6, 6.07) is 0. The van der Waals surface area contributed by atoms with Gasteiger partial charge in [0.15, 0.2) is 0 Å². The number of carbonyl (C=O) groups excluding carboxylic acids is 1. The number of ether oxygens (including phenoxy) is 2. The lowest BCUT2D eigenvalue weighted by atomic mass is 10.1. The van der Waals surface area contributed by atoms with Crippen LogP contribution in [0, 0.1) is 0 Å². The van der Waals surface area contributed by atoms with Crippen LogP contribution in [0.15, 0.2) is 0 Å². The topological polar surface area (TPSA) is 183 Å². The van der Waals surface area contributed by atoms with E-state index >= 15 is 0 Å². The number of carbonyl (C=O) groups is 1. The van der Waals surface area contributed by atoms with Gasteiger partial charge in [0.25, 0.3) is 5.08 Å². The molecule has 0 atom stereocenters. The summed E-state index contributed by atoms with van der Waals surface area (Å²) in [5.41, 5.74) is -0.459. The third-order valence-corrected chi connectivity index (χ3v) is 7.40. The van der Waals surface area contributed by atoms with E-state index in [9.17, 15) is 19.0 Å². The molecule has 0 aliphatic heterocycles. The van der Waals surface area contributed by atoms with Crippen LogP contribution in [0.2, 0.25) is 0 Å². The Morgan fingerprint density at radius 2 is 1.58 bits per heavy atom. The van der Waals surface area contributed by atoms with Gasteiger partial charge in [0.2, 0.25) is 0 Å². The molecule has 13 heteroatoms. The highest BCUT2D eigenvalue weighted by Crippen LogP contribution is 2.69. The SMILES string of the molecule is CCCOC(C)(C)CCOC(=O)NCCCC(O)(P(=O)(O)O)P(=O)(O)O. The van der Waals surface area contributed by atoms with Crippen LogP contribution in [-0.4, -0.2) is 61.2 Å². The van der Waals surface area contributed by atoms with Crippen molar-refractivity contribution in [3.05, 3.63) is 0 Å². The van der Waals surface area contributed by atoms with E-state index in [1.165, 1.54) is 0 Å². The zero-order valence-electron chi connectivity index (χ0n) is 15.1. The second-order valence-electron chi connectivity index (χ2n) is 6.39. The summed E-state index contributed by atoms with van der Waals surface area (Å²) < 4.78 is 32.8. The number of aliphatic hydroxyl groups is 1. The fourth-order valence-corrected chi connectivity index (χ4v) is 4.12. The van der Waals surface area contributed by atoms with Gasteiger partial charge in [-0.1, -0.05) is 6.92 Å². The normalized spacial score (nSPS) is 13.5. The summed E-state index contributed by atoms with van der Waals surface area (Å²) in [4.78, 5) is 47.4. The molecule has 0 fully saturated rings. The van der Waals surface area contributed by atoms with Crippen molar-refractivity contribution in [3.8, 4) is 0 Å². The molecule has 0 bridgehead atoms. The maximum Gasteiger partial charge on any atom is 0.407 e. The Labute approximate surface area is 152 Å². The number of hydrogen-bond acceptors (Lipinski definition) is 6. The fourth-order valence-electron chi connectivity index (χ4n) is 1.87. The van der Waals surface area contributed by atoms with Crippen LogP contribution < -0.4 is 5.32 Å². The molecule has 0 aliphatic carbocycles. The summed E-state index contributed by atoms with van der Waals surface area (Å²) in [5, 5.41) is 8.46. The average Bonchev–Trinajstić information content (AvgIpc) is 2.47. The van der Waals surface area contributed by atoms with Crippen LogP contribution in [-0.2, 0) is 18.6 Å². The van der Waals surface area contributed by atoms with Gasteiger partial charge in [-0.05, 0) is 26.7 Å². The standard InChI is InChI=1S/C13H29NO10P2/c1-4-9-24-12(2,3)7-10-23-11(15)14-8-5-6-13(16,25(17,18)19)26(20,21)22/h16H,4-10H2,1-3H3,(H,14,15)(H2,17,18,19)(H2,20,21,22). The van der Waals surface area contributed by atoms with Gasteiger partial charge in [-0.15, -0.1) is 0 Å². The van der Waals surface area contributed by atoms with Gasteiger partial charge in [-0.2, -0.15) is 0 Å². The molecule has 156 valence electrons. The molecule has 1 amide bonds. The van der Waals surface area contributed by atoms with Crippen molar-refractivity contribution in [1.82, 2.24) is 5.32 Å². The van der Waals surface area contributed by atoms with Crippen molar-refractivity contribution in [1.29, 1.82) is 0 Å². The van der Waals surface area contributed by atoms with Crippen LogP contribution in [0.5, 0.6) is 0 Å². The summed E-state index contributed by atoms with van der Waals surface area (Å²) in [6.07, 6.45) is -0.670. The largest absolute Gasteiger partial charge is 0.449 e. The molecule has 0 spiro atoms. The van der Waals surface area contributed by atoms with E-state index in [0.717, 1.165) is 6.42 Å². The van der Waals surface area contributed by atoms with Crippen LogP contribution in [0.25, 0.3) is 0 Å². The summed E-state index contributed by atoms with van der Waals surface area (Å²) >= 11 is 0. The summed E-state index contributed by atoms with van der Waals surface area (Å²) in [7, 11) is -11.0. The minimum Gasteiger partial charge on any atom is -0.449 e. The summed E-state index contributed by atoms with van der Waals surface area (Å²) in [6.45, 7) is 6.15. The van der Waals surface area contributed by atoms with Crippen LogP contribution in [0.4, 0.5) is 4.79 Å². The van der Waals surface area contributed by atoms with Crippen molar-refractivity contribution >= 4 is 21.3 Å². The molecule has 0 aromatic rings. The summed E-state index contributed by atoms with van der Waals surface area (Å²) in [5.74, 6) is 0. The second-order valence-corrected chi connectivity index (χ2v) is 10.4. The molecule has 11 nitrogen and oxygen atoms in total. The van der Waals surface area contributed by atoms with Gasteiger partial charge >= 0.3 is 21.3 Å². The van der Waals surface area contributed by atoms with Gasteiger partial charge in [-0.3, -0.25) is 9.13 Å². The lowest BCUT2D eigenvalue weighted by Gasteiger charge is -2.29. The number of alkyl carbamates (subject to hydrolysis) is 1. The van der Waals surface area contributed by atoms with E-state index < -0.39 is 38.4 Å². The molecule has 0 saturated carbocycles. The molecule has 0 saturated heterocycles. The van der Waals surface area contributed by atoms with Crippen molar-refractivity contribution in [3.63, 3.8) is 0 Å². The van der Waals surface area contributed by atoms with E-state index in [1.807, 2.05) is 20.8 Å². The lowest BCUT2D eigenvalue weighted by molar-refractivity contribution is -0.0335. The first-order valence-corrected chi connectivity index (χ1v) is 11.3. The Morgan fingerprint density at radius 1 is 1.04 bits per heavy atom. The molecular weight excluding hydrogens is 392 g/mol.